The van der Waals surface area contributed by atoms with Crippen molar-refractivity contribution < 1.29 is 30.8 Å². The molecule has 0 bridgehead atoms. The highest BCUT2D eigenvalue weighted by molar-refractivity contribution is 7.98. The van der Waals surface area contributed by atoms with Crippen LogP contribution >= 0.6 is 35.0 Å². The number of aromatic nitrogens is 2. The zero-order chi connectivity index (χ0) is 36.4. The maximum Gasteiger partial charge on any atom is 0.343 e. The maximum atomic E-state index is 14.5. The molecule has 4 N–H and O–H groups in total. The number of amides is 2. The van der Waals surface area contributed by atoms with Crippen LogP contribution in [0.25, 0.3) is 5.69 Å². The number of primary sulfonamides is 1. The molecule has 0 saturated carbocycles. The summed E-state index contributed by atoms with van der Waals surface area (Å²) in [6.45, 7) is 5.07. The van der Waals surface area contributed by atoms with E-state index >= 15 is 0 Å². The zero-order valence-corrected chi connectivity index (χ0v) is 31.2. The molecule has 3 aromatic carbocycles. The maximum absolute atomic E-state index is 14.5. The summed E-state index contributed by atoms with van der Waals surface area (Å²) in [7, 11) is -6.90. The van der Waals surface area contributed by atoms with Crippen LogP contribution < -0.4 is 20.0 Å². The summed E-state index contributed by atoms with van der Waals surface area (Å²) in [5.74, 6) is -0.293. The van der Waals surface area contributed by atoms with E-state index in [-0.39, 0.29) is 31.3 Å². The van der Waals surface area contributed by atoms with Gasteiger partial charge in [-0.2, -0.15) is 0 Å². The molecule has 0 spiro atoms. The Labute approximate surface area is 304 Å². The summed E-state index contributed by atoms with van der Waals surface area (Å²) >= 11 is 14.2. The minimum absolute atomic E-state index is 0.00881. The van der Waals surface area contributed by atoms with Crippen molar-refractivity contribution in [3.63, 3.8) is 0 Å². The van der Waals surface area contributed by atoms with E-state index in [1.54, 1.807) is 29.4 Å². The smallest absolute Gasteiger partial charge is 0.343 e. The van der Waals surface area contributed by atoms with E-state index in [4.69, 9.17) is 33.1 Å². The SMILES string of the molecule is COc1cc(-n2c(C(C)(C)c3ccc(S(N)(=O)=O)c(Cl)c3)cnc2SCc2ccc(S(=O)(=O)NC(=O)NN3CCCCC3)cc2Cl)ccc1F. The number of carbonyl (C=O) groups excluding carboxylic acids is 1. The Balaban J connectivity index is 1.43. The summed E-state index contributed by atoms with van der Waals surface area (Å²) < 4.78 is 73.4. The fraction of sp³-hybridized carbons (Fsp3) is 0.312. The second kappa shape index (κ2) is 15.1. The number of nitrogens with one attached hydrogen (secondary N) is 2. The quantitative estimate of drug-likeness (QED) is 0.155. The number of halogens is 3. The van der Waals surface area contributed by atoms with Crippen molar-refractivity contribution >= 4 is 61.0 Å². The molecule has 18 heteroatoms. The van der Waals surface area contributed by atoms with Gasteiger partial charge in [-0.1, -0.05) is 67.4 Å². The third-order valence-electron chi connectivity index (χ3n) is 8.26. The van der Waals surface area contributed by atoms with Gasteiger partial charge in [0.1, 0.15) is 4.90 Å². The normalized spacial score (nSPS) is 14.4. The lowest BCUT2D eigenvalue weighted by molar-refractivity contribution is 0.158. The number of rotatable bonds is 11. The van der Waals surface area contributed by atoms with Crippen LogP contribution in [0.3, 0.4) is 0 Å². The summed E-state index contributed by atoms with van der Waals surface area (Å²) in [5.41, 5.74) is 4.16. The van der Waals surface area contributed by atoms with Crippen LogP contribution in [0.15, 0.2) is 75.7 Å². The first-order valence-corrected chi connectivity index (χ1v) is 20.0. The van der Waals surface area contributed by atoms with Gasteiger partial charge in [0, 0.05) is 35.3 Å². The molecule has 2 heterocycles. The molecule has 4 aromatic rings. The molecule has 0 radical (unpaired) electrons. The predicted octanol–water partition coefficient (Wildman–Crippen LogP) is 5.98. The van der Waals surface area contributed by atoms with Gasteiger partial charge in [-0.3, -0.25) is 9.99 Å². The number of urea groups is 1. The molecule has 2 amide bonds. The Kier molecular flexibility index (Phi) is 11.4. The monoisotopic (exact) mass is 784 g/mol. The summed E-state index contributed by atoms with van der Waals surface area (Å²) in [6, 6.07) is 12.2. The second-order valence-electron chi connectivity index (χ2n) is 12.0. The van der Waals surface area contributed by atoms with Gasteiger partial charge < -0.3 is 4.74 Å². The highest BCUT2D eigenvalue weighted by atomic mass is 35.5. The van der Waals surface area contributed by atoms with E-state index in [1.807, 2.05) is 23.1 Å². The van der Waals surface area contributed by atoms with Crippen LogP contribution in [0.2, 0.25) is 10.0 Å². The van der Waals surface area contributed by atoms with Gasteiger partial charge in [0.15, 0.2) is 16.7 Å². The van der Waals surface area contributed by atoms with Gasteiger partial charge >= 0.3 is 6.03 Å². The molecule has 1 aliphatic heterocycles. The van der Waals surface area contributed by atoms with Gasteiger partial charge in [0.25, 0.3) is 10.0 Å². The minimum Gasteiger partial charge on any atom is -0.494 e. The van der Waals surface area contributed by atoms with Gasteiger partial charge in [-0.15, -0.1) is 0 Å². The van der Waals surface area contributed by atoms with Crippen LogP contribution in [-0.2, 0) is 31.2 Å². The molecule has 0 aliphatic carbocycles. The van der Waals surface area contributed by atoms with Crippen molar-refractivity contribution in [1.82, 2.24) is 24.7 Å². The minimum atomic E-state index is -4.21. The van der Waals surface area contributed by atoms with Crippen LogP contribution in [0.5, 0.6) is 5.75 Å². The topological polar surface area (TPSA) is 166 Å². The van der Waals surface area contributed by atoms with Crippen molar-refractivity contribution in [1.29, 1.82) is 0 Å². The Morgan fingerprint density at radius 3 is 2.38 bits per heavy atom. The molecule has 12 nitrogen and oxygen atoms in total. The molecule has 50 heavy (non-hydrogen) atoms. The molecule has 268 valence electrons. The Morgan fingerprint density at radius 2 is 1.74 bits per heavy atom. The van der Waals surface area contributed by atoms with Crippen LogP contribution in [0, 0.1) is 5.82 Å². The first kappa shape index (κ1) is 37.9. The van der Waals surface area contributed by atoms with Gasteiger partial charge in [0.05, 0.1) is 34.6 Å². The van der Waals surface area contributed by atoms with E-state index in [2.05, 4.69) is 10.4 Å². The first-order chi connectivity index (χ1) is 23.5. The molecule has 1 saturated heterocycles. The van der Waals surface area contributed by atoms with Gasteiger partial charge in [-0.05, 0) is 60.4 Å². The average Bonchev–Trinajstić information content (AvgIpc) is 3.49. The summed E-state index contributed by atoms with van der Waals surface area (Å²) in [4.78, 5) is 16.7. The van der Waals surface area contributed by atoms with Crippen LogP contribution in [-0.4, -0.2) is 57.6 Å². The molecule has 1 aromatic heterocycles. The number of methoxy groups -OCH3 is 1. The number of hydrazine groups is 1. The summed E-state index contributed by atoms with van der Waals surface area (Å²) in [6.07, 6.45) is 4.52. The van der Waals surface area contributed by atoms with Crippen molar-refractivity contribution in [3.05, 3.63) is 93.5 Å². The number of hydrogen-bond acceptors (Lipinski definition) is 9. The summed E-state index contributed by atoms with van der Waals surface area (Å²) in [5, 5.41) is 7.59. The Bertz CT molecular complexity index is 2140. The number of nitrogens with zero attached hydrogens (tertiary/aromatic N) is 3. The molecule has 1 fully saturated rings. The number of imidazole rings is 1. The standard InChI is InChI=1S/C32H35Cl2FN6O6S3/c1-32(2,21-8-12-28(25(34)15-21)49(36,43)44)29-18-37-31(41(29)22-9-11-26(35)27(16-22)47-3)48-19-20-7-10-23(17-24(20)33)50(45,46)39-30(42)38-40-13-5-4-6-14-40/h7-12,15-18H,4-6,13-14,19H2,1-3H3,(H2,36,43,44)(H2,38,39,42). The third-order valence-corrected chi connectivity index (χ3v) is 12.3. The van der Waals surface area contributed by atoms with Crippen molar-refractivity contribution in [2.24, 2.45) is 5.14 Å². The van der Waals surface area contributed by atoms with E-state index < -0.39 is 37.3 Å². The average molecular weight is 786 g/mol. The predicted molar refractivity (Wildman–Crippen MR) is 190 cm³/mol. The number of piperidine rings is 1. The fourth-order valence-electron chi connectivity index (χ4n) is 5.49. The number of nitrogens with two attached hydrogens (primary N) is 1. The number of thioether (sulfide) groups is 1. The molecule has 0 unspecified atom stereocenters. The molecule has 0 atom stereocenters. The van der Waals surface area contributed by atoms with E-state index in [0.717, 1.165) is 19.3 Å². The largest absolute Gasteiger partial charge is 0.494 e. The second-order valence-corrected chi connectivity index (χ2v) is 17.0. The van der Waals surface area contributed by atoms with Crippen molar-refractivity contribution in [2.75, 3.05) is 20.2 Å². The number of ether oxygens (including phenoxy) is 1. The first-order valence-electron chi connectivity index (χ1n) is 15.3. The van der Waals surface area contributed by atoms with E-state index in [1.165, 1.54) is 55.3 Å². The lowest BCUT2D eigenvalue weighted by Crippen LogP contribution is -2.50. The van der Waals surface area contributed by atoms with Crippen molar-refractivity contribution in [3.8, 4) is 11.4 Å². The number of carbonyl (C=O) groups is 1. The van der Waals surface area contributed by atoms with Crippen molar-refractivity contribution in [2.45, 2.75) is 59.2 Å². The number of hydrogen-bond donors (Lipinski definition) is 3. The van der Waals surface area contributed by atoms with Gasteiger partial charge in [0.2, 0.25) is 10.0 Å². The lowest BCUT2D eigenvalue weighted by atomic mass is 9.81. The molecule has 5 rings (SSSR count). The molecule has 1 aliphatic rings. The molecular formula is C32H35Cl2FN6O6S3. The Hall–Kier alpha value is -3.38. The number of benzene rings is 3. The number of sulfonamides is 2. The highest BCUT2D eigenvalue weighted by Crippen LogP contribution is 2.39. The lowest BCUT2D eigenvalue weighted by Gasteiger charge is -2.28. The van der Waals surface area contributed by atoms with Crippen LogP contribution in [0.4, 0.5) is 9.18 Å². The van der Waals surface area contributed by atoms with Crippen LogP contribution in [0.1, 0.15) is 49.9 Å². The highest BCUT2D eigenvalue weighted by Gasteiger charge is 2.31. The third kappa shape index (κ3) is 8.39. The van der Waals surface area contributed by atoms with Gasteiger partial charge in [-0.25, -0.2) is 45.9 Å². The molecular weight excluding hydrogens is 750 g/mol. The fourth-order valence-corrected chi connectivity index (χ4v) is 8.90. The van der Waals surface area contributed by atoms with E-state index in [0.29, 0.717) is 40.8 Å². The van der Waals surface area contributed by atoms with E-state index in [9.17, 15) is 26.0 Å². The zero-order valence-electron chi connectivity index (χ0n) is 27.2. The Morgan fingerprint density at radius 1 is 1.02 bits per heavy atom.